The third kappa shape index (κ3) is 3.29. The average Bonchev–Trinajstić information content (AvgIpc) is 2.78. The Bertz CT molecular complexity index is 512. The fourth-order valence-electron chi connectivity index (χ4n) is 2.94. The second-order valence-electron chi connectivity index (χ2n) is 6.39. The molecule has 0 radical (unpaired) electrons. The predicted octanol–water partition coefficient (Wildman–Crippen LogP) is 3.56. The summed E-state index contributed by atoms with van der Waals surface area (Å²) in [6, 6.07) is 6.45. The summed E-state index contributed by atoms with van der Waals surface area (Å²) in [6.07, 6.45) is 1.97. The molecule has 1 aromatic rings. The van der Waals surface area contributed by atoms with Gasteiger partial charge in [0.1, 0.15) is 6.17 Å². The molecule has 3 unspecified atom stereocenters. The van der Waals surface area contributed by atoms with Crippen molar-refractivity contribution in [2.75, 3.05) is 6.54 Å². The van der Waals surface area contributed by atoms with Gasteiger partial charge >= 0.3 is 0 Å². The van der Waals surface area contributed by atoms with E-state index in [4.69, 9.17) is 0 Å². The molecular weight excluding hydrogens is 260 g/mol. The number of aryl methyl sites for hydroxylation is 2. The van der Waals surface area contributed by atoms with Crippen LogP contribution in [0.2, 0.25) is 0 Å². The van der Waals surface area contributed by atoms with Gasteiger partial charge in [0.25, 0.3) is 0 Å². The summed E-state index contributed by atoms with van der Waals surface area (Å²) in [5, 5.41) is 3.53. The minimum Gasteiger partial charge on any atom is -0.321 e. The highest BCUT2D eigenvalue weighted by Gasteiger charge is 2.39. The van der Waals surface area contributed by atoms with E-state index in [0.717, 1.165) is 19.4 Å². The monoisotopic (exact) mass is 288 g/mol. The van der Waals surface area contributed by atoms with E-state index in [-0.39, 0.29) is 18.1 Å². The van der Waals surface area contributed by atoms with Crippen LogP contribution >= 0.6 is 0 Å². The molecule has 0 bridgehead atoms. The zero-order valence-corrected chi connectivity index (χ0v) is 13.9. The largest absolute Gasteiger partial charge is 0.321 e. The zero-order valence-electron chi connectivity index (χ0n) is 13.9. The van der Waals surface area contributed by atoms with Gasteiger partial charge in [-0.2, -0.15) is 0 Å². The highest BCUT2D eigenvalue weighted by molar-refractivity contribution is 5.84. The van der Waals surface area contributed by atoms with Crippen LogP contribution in [-0.4, -0.2) is 23.4 Å². The number of nitrogens with one attached hydrogen (secondary N) is 1. The molecule has 1 amide bonds. The number of rotatable bonds is 5. The molecule has 1 saturated heterocycles. The second kappa shape index (κ2) is 6.61. The van der Waals surface area contributed by atoms with E-state index in [9.17, 15) is 4.79 Å². The molecule has 1 aromatic carbocycles. The number of carbonyl (C=O) groups is 1. The lowest BCUT2D eigenvalue weighted by molar-refractivity contribution is -0.130. The van der Waals surface area contributed by atoms with Gasteiger partial charge in [0.15, 0.2) is 0 Å². The Kier molecular flexibility index (Phi) is 5.04. The standard InChI is InChI=1S/C18H28N2O/c1-6-12(3)11-20-17(19-16(7-2)18(20)21)15-10-13(4)8-9-14(15)5/h8-10,12,16-17,19H,6-7,11H2,1-5H3. The second-order valence-corrected chi connectivity index (χ2v) is 6.39. The molecule has 0 aliphatic carbocycles. The van der Waals surface area contributed by atoms with Crippen molar-refractivity contribution in [3.05, 3.63) is 34.9 Å². The Morgan fingerprint density at radius 3 is 2.62 bits per heavy atom. The summed E-state index contributed by atoms with van der Waals surface area (Å²) in [6.45, 7) is 11.5. The Hall–Kier alpha value is -1.35. The third-order valence-corrected chi connectivity index (χ3v) is 4.59. The highest BCUT2D eigenvalue weighted by atomic mass is 16.2. The first-order chi connectivity index (χ1) is 9.97. The molecular formula is C18H28N2O. The van der Waals surface area contributed by atoms with Crippen molar-refractivity contribution < 1.29 is 4.79 Å². The molecule has 1 aliphatic heterocycles. The molecule has 1 fully saturated rings. The maximum absolute atomic E-state index is 12.6. The van der Waals surface area contributed by atoms with Crippen molar-refractivity contribution in [3.8, 4) is 0 Å². The molecule has 1 heterocycles. The number of carbonyl (C=O) groups excluding carboxylic acids is 1. The number of hydrogen-bond acceptors (Lipinski definition) is 2. The number of benzene rings is 1. The van der Waals surface area contributed by atoms with E-state index in [0.29, 0.717) is 5.92 Å². The molecule has 3 heteroatoms. The van der Waals surface area contributed by atoms with Gasteiger partial charge in [-0.05, 0) is 37.3 Å². The van der Waals surface area contributed by atoms with Crippen molar-refractivity contribution in [3.63, 3.8) is 0 Å². The lowest BCUT2D eigenvalue weighted by atomic mass is 10.0. The molecule has 0 spiro atoms. The topological polar surface area (TPSA) is 32.3 Å². The first-order valence-electron chi connectivity index (χ1n) is 8.11. The van der Waals surface area contributed by atoms with E-state index in [1.54, 1.807) is 0 Å². The predicted molar refractivity (Wildman–Crippen MR) is 87.0 cm³/mol. The molecule has 1 aliphatic rings. The number of hydrogen-bond donors (Lipinski definition) is 1. The molecule has 2 rings (SSSR count). The van der Waals surface area contributed by atoms with E-state index in [1.165, 1.54) is 16.7 Å². The van der Waals surface area contributed by atoms with Gasteiger partial charge in [-0.1, -0.05) is 51.0 Å². The van der Waals surface area contributed by atoms with Gasteiger partial charge in [-0.3, -0.25) is 10.1 Å². The van der Waals surface area contributed by atoms with Gasteiger partial charge in [-0.15, -0.1) is 0 Å². The summed E-state index contributed by atoms with van der Waals surface area (Å²) < 4.78 is 0. The Balaban J connectivity index is 2.34. The average molecular weight is 288 g/mol. The van der Waals surface area contributed by atoms with E-state index >= 15 is 0 Å². The maximum Gasteiger partial charge on any atom is 0.241 e. The van der Waals surface area contributed by atoms with Crippen molar-refractivity contribution in [2.24, 2.45) is 5.92 Å². The van der Waals surface area contributed by atoms with Crippen LogP contribution in [0.1, 0.15) is 56.5 Å². The lowest BCUT2D eigenvalue weighted by Gasteiger charge is -2.28. The summed E-state index contributed by atoms with van der Waals surface area (Å²) in [5.74, 6) is 0.780. The van der Waals surface area contributed by atoms with E-state index in [1.807, 2.05) is 4.90 Å². The normalized spacial score (nSPS) is 23.7. The maximum atomic E-state index is 12.6. The Morgan fingerprint density at radius 2 is 2.00 bits per heavy atom. The lowest BCUT2D eigenvalue weighted by Crippen LogP contribution is -2.34. The third-order valence-electron chi connectivity index (χ3n) is 4.59. The molecule has 3 atom stereocenters. The molecule has 3 nitrogen and oxygen atoms in total. The van der Waals surface area contributed by atoms with Gasteiger partial charge in [0.2, 0.25) is 5.91 Å². The fourth-order valence-corrected chi connectivity index (χ4v) is 2.94. The van der Waals surface area contributed by atoms with Crippen molar-refractivity contribution in [2.45, 2.75) is 59.7 Å². The van der Waals surface area contributed by atoms with Crippen LogP contribution in [0.25, 0.3) is 0 Å². The van der Waals surface area contributed by atoms with Crippen LogP contribution in [-0.2, 0) is 4.79 Å². The van der Waals surface area contributed by atoms with Crippen molar-refractivity contribution >= 4 is 5.91 Å². The molecule has 0 aromatic heterocycles. The highest BCUT2D eigenvalue weighted by Crippen LogP contribution is 2.30. The molecule has 1 N–H and O–H groups in total. The summed E-state index contributed by atoms with van der Waals surface area (Å²) in [7, 11) is 0. The Morgan fingerprint density at radius 1 is 1.29 bits per heavy atom. The summed E-state index contributed by atoms with van der Waals surface area (Å²) in [4.78, 5) is 14.7. The minimum atomic E-state index is -0.0426. The van der Waals surface area contributed by atoms with Crippen LogP contribution in [0.3, 0.4) is 0 Å². The molecule has 21 heavy (non-hydrogen) atoms. The van der Waals surface area contributed by atoms with Crippen molar-refractivity contribution in [1.29, 1.82) is 0 Å². The van der Waals surface area contributed by atoms with Crippen LogP contribution in [0, 0.1) is 19.8 Å². The van der Waals surface area contributed by atoms with Gasteiger partial charge in [0, 0.05) is 6.54 Å². The smallest absolute Gasteiger partial charge is 0.241 e. The minimum absolute atomic E-state index is 0.0244. The van der Waals surface area contributed by atoms with Crippen molar-refractivity contribution in [1.82, 2.24) is 10.2 Å². The Labute approximate surface area is 128 Å². The van der Waals surface area contributed by atoms with Crippen LogP contribution in [0.4, 0.5) is 0 Å². The quantitative estimate of drug-likeness (QED) is 0.898. The van der Waals surface area contributed by atoms with Gasteiger partial charge in [0.05, 0.1) is 6.04 Å². The number of nitrogens with zero attached hydrogens (tertiary/aromatic N) is 1. The van der Waals surface area contributed by atoms with Gasteiger partial charge < -0.3 is 4.90 Å². The zero-order chi connectivity index (χ0) is 15.6. The summed E-state index contributed by atoms with van der Waals surface area (Å²) in [5.41, 5.74) is 3.73. The van der Waals surface area contributed by atoms with Crippen LogP contribution in [0.15, 0.2) is 18.2 Å². The van der Waals surface area contributed by atoms with E-state index in [2.05, 4.69) is 58.1 Å². The summed E-state index contributed by atoms with van der Waals surface area (Å²) >= 11 is 0. The number of amides is 1. The SMILES string of the molecule is CCC(C)CN1C(=O)C(CC)NC1c1cc(C)ccc1C. The van der Waals surface area contributed by atoms with Gasteiger partial charge in [-0.25, -0.2) is 0 Å². The molecule has 116 valence electrons. The fraction of sp³-hybridized carbons (Fsp3) is 0.611. The first kappa shape index (κ1) is 16.0. The van der Waals surface area contributed by atoms with Crippen LogP contribution < -0.4 is 5.32 Å². The molecule has 0 saturated carbocycles. The first-order valence-corrected chi connectivity index (χ1v) is 8.11. The van der Waals surface area contributed by atoms with Crippen LogP contribution in [0.5, 0.6) is 0 Å². The van der Waals surface area contributed by atoms with E-state index < -0.39 is 0 Å².